The number of likely N-dealkylation sites (tertiary alicyclic amines) is 1. The van der Waals surface area contributed by atoms with Crippen LogP contribution in [-0.2, 0) is 14.4 Å². The summed E-state index contributed by atoms with van der Waals surface area (Å²) >= 11 is 0. The van der Waals surface area contributed by atoms with E-state index in [1.165, 1.54) is 4.90 Å². The molecule has 0 aromatic heterocycles. The smallest absolute Gasteiger partial charge is 0.233 e. The quantitative estimate of drug-likeness (QED) is 0.392. The van der Waals surface area contributed by atoms with Gasteiger partial charge in [0.05, 0.1) is 11.8 Å². The molecule has 1 saturated carbocycles. The zero-order chi connectivity index (χ0) is 14.3. The molecule has 1 heterocycles. The van der Waals surface area contributed by atoms with Crippen molar-refractivity contribution in [3.05, 3.63) is 12.2 Å². The van der Waals surface area contributed by atoms with E-state index in [0.717, 1.165) is 6.42 Å². The number of carbonyl (C=O) groups is 3. The number of hydrogen-bond donors (Lipinski definition) is 0. The van der Waals surface area contributed by atoms with Gasteiger partial charge in [-0.15, -0.1) is 0 Å². The van der Waals surface area contributed by atoms with Gasteiger partial charge in [-0.2, -0.15) is 0 Å². The zero-order valence-electron chi connectivity index (χ0n) is 11.3. The summed E-state index contributed by atoms with van der Waals surface area (Å²) in [6.45, 7) is 0.428. The highest BCUT2D eigenvalue weighted by atomic mass is 16.4. The largest absolute Gasteiger partial charge is 0.550 e. The van der Waals surface area contributed by atoms with Gasteiger partial charge in [-0.25, -0.2) is 0 Å². The average Bonchev–Trinajstić information content (AvgIpc) is 3.06. The van der Waals surface area contributed by atoms with Crippen molar-refractivity contribution in [2.45, 2.75) is 32.1 Å². The standard InChI is InChI=1S/C15H19NO4/c17-11(18)4-2-1-3-7-16-14(19)12-9-5-6-10(8-9)13(12)15(16)20/h5-6,9-10,12-13H,1-4,7-8H2,(H,17,18)/p-1/t9-,10-,12-,13-/m0/s1. The van der Waals surface area contributed by atoms with Crippen LogP contribution in [-0.4, -0.2) is 29.2 Å². The molecule has 2 bridgehead atoms. The van der Waals surface area contributed by atoms with E-state index in [0.29, 0.717) is 25.8 Å². The summed E-state index contributed by atoms with van der Waals surface area (Å²) in [5, 5.41) is 10.3. The first kappa shape index (κ1) is 13.3. The Morgan fingerprint density at radius 3 is 2.25 bits per heavy atom. The minimum absolute atomic E-state index is 0.0169. The van der Waals surface area contributed by atoms with Crippen LogP contribution in [0.4, 0.5) is 0 Å². The molecule has 0 aromatic carbocycles. The number of hydrogen-bond acceptors (Lipinski definition) is 4. The van der Waals surface area contributed by atoms with Crippen molar-refractivity contribution < 1.29 is 19.5 Å². The second-order valence-corrected chi connectivity index (χ2v) is 6.01. The molecule has 4 atom stereocenters. The monoisotopic (exact) mass is 276 g/mol. The van der Waals surface area contributed by atoms with E-state index in [4.69, 9.17) is 0 Å². The van der Waals surface area contributed by atoms with Gasteiger partial charge in [0.2, 0.25) is 11.8 Å². The predicted octanol–water partition coefficient (Wildman–Crippen LogP) is 0.104. The van der Waals surface area contributed by atoms with Gasteiger partial charge in [0.15, 0.2) is 0 Å². The number of allylic oxidation sites excluding steroid dienone is 2. The number of nitrogens with zero attached hydrogens (tertiary/aromatic N) is 1. The molecule has 20 heavy (non-hydrogen) atoms. The van der Waals surface area contributed by atoms with Crippen molar-refractivity contribution in [2.75, 3.05) is 6.54 Å². The Kier molecular flexibility index (Phi) is 3.36. The van der Waals surface area contributed by atoms with Crippen LogP contribution in [0.3, 0.4) is 0 Å². The van der Waals surface area contributed by atoms with Gasteiger partial charge in [-0.05, 0) is 37.5 Å². The van der Waals surface area contributed by atoms with Crippen molar-refractivity contribution in [2.24, 2.45) is 23.7 Å². The molecule has 0 radical (unpaired) electrons. The number of carboxylic acids is 1. The molecule has 2 aliphatic carbocycles. The molecule has 0 N–H and O–H groups in total. The second kappa shape index (κ2) is 5.04. The van der Waals surface area contributed by atoms with E-state index in [-0.39, 0.29) is 41.9 Å². The molecule has 1 saturated heterocycles. The fourth-order valence-corrected chi connectivity index (χ4v) is 3.90. The van der Waals surface area contributed by atoms with E-state index < -0.39 is 5.97 Å². The lowest BCUT2D eigenvalue weighted by atomic mass is 9.85. The lowest BCUT2D eigenvalue weighted by Gasteiger charge is -2.17. The van der Waals surface area contributed by atoms with Crippen molar-refractivity contribution in [3.8, 4) is 0 Å². The summed E-state index contributed by atoms with van der Waals surface area (Å²) in [6, 6.07) is 0. The summed E-state index contributed by atoms with van der Waals surface area (Å²) in [5.74, 6) is -0.820. The van der Waals surface area contributed by atoms with Gasteiger partial charge < -0.3 is 9.90 Å². The maximum Gasteiger partial charge on any atom is 0.233 e. The molecule has 3 rings (SSSR count). The van der Waals surface area contributed by atoms with Crippen LogP contribution in [0.25, 0.3) is 0 Å². The van der Waals surface area contributed by atoms with Crippen molar-refractivity contribution in [3.63, 3.8) is 0 Å². The Labute approximate surface area is 117 Å². The number of amides is 2. The van der Waals surface area contributed by atoms with Crippen LogP contribution in [0.2, 0.25) is 0 Å². The second-order valence-electron chi connectivity index (χ2n) is 6.01. The summed E-state index contributed by atoms with van der Waals surface area (Å²) in [6.07, 6.45) is 7.07. The summed E-state index contributed by atoms with van der Waals surface area (Å²) in [7, 11) is 0. The number of imide groups is 1. The third-order valence-electron chi connectivity index (χ3n) is 4.82. The highest BCUT2D eigenvalue weighted by Crippen LogP contribution is 2.52. The molecule has 2 fully saturated rings. The van der Waals surface area contributed by atoms with Gasteiger partial charge in [0.1, 0.15) is 0 Å². The zero-order valence-corrected chi connectivity index (χ0v) is 11.3. The van der Waals surface area contributed by atoms with Crippen LogP contribution >= 0.6 is 0 Å². The minimum atomic E-state index is -1.05. The predicted molar refractivity (Wildman–Crippen MR) is 67.9 cm³/mol. The van der Waals surface area contributed by atoms with Crippen LogP contribution in [0.15, 0.2) is 12.2 Å². The van der Waals surface area contributed by atoms with Gasteiger partial charge >= 0.3 is 0 Å². The fourth-order valence-electron chi connectivity index (χ4n) is 3.90. The fraction of sp³-hybridized carbons (Fsp3) is 0.667. The Morgan fingerprint density at radius 2 is 1.70 bits per heavy atom. The maximum atomic E-state index is 12.3. The number of aliphatic carboxylic acids is 1. The summed E-state index contributed by atoms with van der Waals surface area (Å²) in [4.78, 5) is 36.4. The Hall–Kier alpha value is -1.65. The van der Waals surface area contributed by atoms with Gasteiger partial charge in [-0.1, -0.05) is 18.6 Å². The first-order chi connectivity index (χ1) is 9.59. The summed E-state index contributed by atoms with van der Waals surface area (Å²) < 4.78 is 0. The Balaban J connectivity index is 1.53. The van der Waals surface area contributed by atoms with Crippen molar-refractivity contribution in [1.29, 1.82) is 0 Å². The van der Waals surface area contributed by atoms with Crippen LogP contribution in [0.1, 0.15) is 32.1 Å². The molecular formula is C15H18NO4-. The van der Waals surface area contributed by atoms with E-state index >= 15 is 0 Å². The normalized spacial score (nSPS) is 34.1. The molecule has 3 aliphatic rings. The van der Waals surface area contributed by atoms with E-state index in [1.807, 2.05) is 0 Å². The molecular weight excluding hydrogens is 258 g/mol. The average molecular weight is 276 g/mol. The third-order valence-corrected chi connectivity index (χ3v) is 4.82. The molecule has 0 unspecified atom stereocenters. The molecule has 0 aromatic rings. The number of carboxylic acid groups (broad SMARTS) is 1. The van der Waals surface area contributed by atoms with Gasteiger partial charge in [0, 0.05) is 12.5 Å². The Bertz CT molecular complexity index is 454. The molecule has 0 spiro atoms. The first-order valence-corrected chi connectivity index (χ1v) is 7.33. The molecule has 1 aliphatic heterocycles. The Morgan fingerprint density at radius 1 is 1.10 bits per heavy atom. The number of unbranched alkanes of at least 4 members (excludes halogenated alkanes) is 2. The van der Waals surface area contributed by atoms with Crippen LogP contribution < -0.4 is 5.11 Å². The van der Waals surface area contributed by atoms with E-state index in [1.54, 1.807) is 0 Å². The highest BCUT2D eigenvalue weighted by molar-refractivity contribution is 6.06. The molecule has 5 heteroatoms. The number of rotatable bonds is 6. The minimum Gasteiger partial charge on any atom is -0.550 e. The number of fused-ring (bicyclic) bond motifs is 5. The first-order valence-electron chi connectivity index (χ1n) is 7.33. The molecule has 108 valence electrons. The lowest BCUT2D eigenvalue weighted by molar-refractivity contribution is -0.305. The highest BCUT2D eigenvalue weighted by Gasteiger charge is 2.58. The third kappa shape index (κ3) is 2.05. The topological polar surface area (TPSA) is 77.5 Å². The molecule has 5 nitrogen and oxygen atoms in total. The molecule has 2 amide bonds. The van der Waals surface area contributed by atoms with E-state index in [9.17, 15) is 19.5 Å². The summed E-state index contributed by atoms with van der Waals surface area (Å²) in [5.41, 5.74) is 0. The number of carbonyl (C=O) groups excluding carboxylic acids is 3. The maximum absolute atomic E-state index is 12.3. The van der Waals surface area contributed by atoms with Crippen LogP contribution in [0.5, 0.6) is 0 Å². The van der Waals surface area contributed by atoms with Crippen molar-refractivity contribution in [1.82, 2.24) is 4.90 Å². The van der Waals surface area contributed by atoms with E-state index in [2.05, 4.69) is 12.2 Å². The lowest BCUT2D eigenvalue weighted by Crippen LogP contribution is -2.33. The van der Waals surface area contributed by atoms with Gasteiger partial charge in [0.25, 0.3) is 0 Å². The van der Waals surface area contributed by atoms with Gasteiger partial charge in [-0.3, -0.25) is 14.5 Å². The van der Waals surface area contributed by atoms with Crippen LogP contribution in [0, 0.1) is 23.7 Å². The SMILES string of the molecule is O=C([O-])CCCCCN1C(=O)[C@@H]2[C@@H](C1=O)[C@H]1C=C[C@H]2C1. The van der Waals surface area contributed by atoms with Crippen molar-refractivity contribution >= 4 is 17.8 Å².